The molecule has 0 aliphatic carbocycles. The monoisotopic (exact) mass is 334 g/mol. The lowest BCUT2D eigenvalue weighted by Crippen LogP contribution is -2.52. The molecule has 1 amide bonds. The van der Waals surface area contributed by atoms with Gasteiger partial charge in [-0.3, -0.25) is 4.79 Å². The molecule has 0 fully saturated rings. The lowest BCUT2D eigenvalue weighted by Gasteiger charge is -2.38. The van der Waals surface area contributed by atoms with Crippen molar-refractivity contribution in [2.24, 2.45) is 5.41 Å². The molecule has 0 bridgehead atoms. The number of hydrogen-bond donors (Lipinski definition) is 0. The number of rotatable bonds is 5. The maximum Gasteiger partial charge on any atom is 0.329 e. The van der Waals surface area contributed by atoms with Crippen LogP contribution in [0.15, 0.2) is 18.2 Å². The molecule has 24 heavy (non-hydrogen) atoms. The third kappa shape index (κ3) is 4.79. The summed E-state index contributed by atoms with van der Waals surface area (Å²) in [6.45, 7) is 7.17. The Morgan fingerprint density at radius 3 is 2.46 bits per heavy atom. The molecule has 0 saturated carbocycles. The van der Waals surface area contributed by atoms with Crippen molar-refractivity contribution in [1.29, 1.82) is 5.26 Å². The number of carbonyl (C=O) groups excluding carboxylic acids is 2. The highest BCUT2D eigenvalue weighted by atomic mass is 19.1. The Kier molecular flexibility index (Phi) is 6.47. The van der Waals surface area contributed by atoms with Crippen LogP contribution in [-0.2, 0) is 20.9 Å². The van der Waals surface area contributed by atoms with Gasteiger partial charge >= 0.3 is 5.97 Å². The standard InChI is InChI=1S/C18H23FN2O3/c1-12-10-13(6-7-14(12)19)11-21(15(22)8-9-20)16(17(23)24-5)18(2,3)4/h6-7,10,16H,8,11H2,1-5H3/t16-/m1/s1. The van der Waals surface area contributed by atoms with Crippen LogP contribution in [0.3, 0.4) is 0 Å². The first-order valence-electron chi connectivity index (χ1n) is 7.61. The Morgan fingerprint density at radius 2 is 2.00 bits per heavy atom. The van der Waals surface area contributed by atoms with Gasteiger partial charge < -0.3 is 9.64 Å². The van der Waals surface area contributed by atoms with Crippen molar-refractivity contribution in [3.8, 4) is 6.07 Å². The van der Waals surface area contributed by atoms with Gasteiger partial charge in [0.15, 0.2) is 0 Å². The molecular formula is C18H23FN2O3. The zero-order chi connectivity index (χ0) is 18.5. The molecule has 0 radical (unpaired) electrons. The molecule has 0 N–H and O–H groups in total. The normalized spacial score (nSPS) is 12.2. The van der Waals surface area contributed by atoms with Crippen molar-refractivity contribution in [3.05, 3.63) is 35.1 Å². The number of ether oxygens (including phenoxy) is 1. The highest BCUT2D eigenvalue weighted by Crippen LogP contribution is 2.28. The first kappa shape index (κ1) is 19.6. The van der Waals surface area contributed by atoms with E-state index in [9.17, 15) is 14.0 Å². The fraction of sp³-hybridized carbons (Fsp3) is 0.500. The average molecular weight is 334 g/mol. The molecule has 0 heterocycles. The lowest BCUT2D eigenvalue weighted by atomic mass is 9.85. The largest absolute Gasteiger partial charge is 0.467 e. The minimum absolute atomic E-state index is 0.0959. The zero-order valence-corrected chi connectivity index (χ0v) is 14.7. The van der Waals surface area contributed by atoms with Crippen LogP contribution in [0.2, 0.25) is 0 Å². The Bertz CT molecular complexity index is 659. The molecule has 1 rings (SSSR count). The van der Waals surface area contributed by atoms with Crippen LogP contribution in [0.5, 0.6) is 0 Å². The van der Waals surface area contributed by atoms with Crippen LogP contribution >= 0.6 is 0 Å². The number of aryl methyl sites for hydroxylation is 1. The molecule has 1 aromatic rings. The number of nitriles is 1. The van der Waals surface area contributed by atoms with E-state index in [1.807, 2.05) is 26.8 Å². The number of methoxy groups -OCH3 is 1. The molecule has 1 aromatic carbocycles. The van der Waals surface area contributed by atoms with Gasteiger partial charge in [-0.2, -0.15) is 5.26 Å². The third-order valence-electron chi connectivity index (χ3n) is 3.68. The Balaban J connectivity index is 3.28. The van der Waals surface area contributed by atoms with Crippen LogP contribution in [-0.4, -0.2) is 29.9 Å². The quantitative estimate of drug-likeness (QED) is 0.776. The SMILES string of the molecule is COC(=O)[C@@H](N(Cc1ccc(F)c(C)c1)C(=O)CC#N)C(C)(C)C. The zero-order valence-electron chi connectivity index (χ0n) is 14.7. The fourth-order valence-electron chi connectivity index (χ4n) is 2.55. The number of amides is 1. The van der Waals surface area contributed by atoms with E-state index < -0.39 is 23.3 Å². The molecule has 5 nitrogen and oxygen atoms in total. The second kappa shape index (κ2) is 7.91. The predicted molar refractivity (Wildman–Crippen MR) is 87.2 cm³/mol. The first-order valence-corrected chi connectivity index (χ1v) is 7.61. The van der Waals surface area contributed by atoms with Crippen molar-refractivity contribution in [2.75, 3.05) is 7.11 Å². The van der Waals surface area contributed by atoms with Gasteiger partial charge in [-0.1, -0.05) is 32.9 Å². The molecule has 1 atom stereocenters. The van der Waals surface area contributed by atoms with Gasteiger partial charge in [0.25, 0.3) is 0 Å². The summed E-state index contributed by atoms with van der Waals surface area (Å²) in [6, 6.07) is 5.47. The van der Waals surface area contributed by atoms with E-state index in [4.69, 9.17) is 10.00 Å². The molecule has 0 aliphatic heterocycles. The van der Waals surface area contributed by atoms with Crippen LogP contribution in [0, 0.1) is 29.5 Å². The molecule has 6 heteroatoms. The Hall–Kier alpha value is -2.42. The molecular weight excluding hydrogens is 311 g/mol. The van der Waals surface area contributed by atoms with Gasteiger partial charge in [-0.15, -0.1) is 0 Å². The minimum atomic E-state index is -0.853. The second-order valence-electron chi connectivity index (χ2n) is 6.73. The van der Waals surface area contributed by atoms with Gasteiger partial charge in [0.2, 0.25) is 5.91 Å². The highest BCUT2D eigenvalue weighted by molar-refractivity contribution is 5.86. The Morgan fingerprint density at radius 1 is 1.38 bits per heavy atom. The second-order valence-corrected chi connectivity index (χ2v) is 6.73. The van der Waals surface area contributed by atoms with Gasteiger partial charge in [0.05, 0.1) is 13.2 Å². The van der Waals surface area contributed by atoms with Crippen molar-refractivity contribution in [2.45, 2.75) is 46.7 Å². The summed E-state index contributed by atoms with van der Waals surface area (Å²) in [5.41, 5.74) is 0.539. The number of halogens is 1. The van der Waals surface area contributed by atoms with E-state index in [0.717, 1.165) is 0 Å². The van der Waals surface area contributed by atoms with E-state index in [2.05, 4.69) is 0 Å². The van der Waals surface area contributed by atoms with Gasteiger partial charge in [0, 0.05) is 6.54 Å². The van der Waals surface area contributed by atoms with Gasteiger partial charge in [-0.05, 0) is 29.5 Å². The van der Waals surface area contributed by atoms with Crippen molar-refractivity contribution in [1.82, 2.24) is 4.90 Å². The predicted octanol–water partition coefficient (Wildman–Crippen LogP) is 2.96. The number of benzene rings is 1. The first-order chi connectivity index (χ1) is 11.1. The summed E-state index contributed by atoms with van der Waals surface area (Å²) >= 11 is 0. The molecule has 0 aromatic heterocycles. The van der Waals surface area contributed by atoms with Crippen LogP contribution < -0.4 is 0 Å². The summed E-state index contributed by atoms with van der Waals surface area (Å²) in [7, 11) is 1.26. The van der Waals surface area contributed by atoms with Gasteiger partial charge in [0.1, 0.15) is 18.3 Å². The highest BCUT2D eigenvalue weighted by Gasteiger charge is 2.39. The topological polar surface area (TPSA) is 70.4 Å². The van der Waals surface area contributed by atoms with Crippen molar-refractivity contribution < 1.29 is 18.7 Å². The van der Waals surface area contributed by atoms with E-state index >= 15 is 0 Å². The fourth-order valence-corrected chi connectivity index (χ4v) is 2.55. The molecule has 0 unspecified atom stereocenters. The molecule has 130 valence electrons. The number of carbonyl (C=O) groups is 2. The summed E-state index contributed by atoms with van der Waals surface area (Å²) in [6.07, 6.45) is -0.344. The Labute approximate surface area is 142 Å². The smallest absolute Gasteiger partial charge is 0.329 e. The van der Waals surface area contributed by atoms with E-state index in [1.54, 1.807) is 19.1 Å². The third-order valence-corrected chi connectivity index (χ3v) is 3.68. The summed E-state index contributed by atoms with van der Waals surface area (Å²) < 4.78 is 18.3. The number of hydrogen-bond acceptors (Lipinski definition) is 4. The maximum absolute atomic E-state index is 13.4. The molecule has 0 saturated heterocycles. The van der Waals surface area contributed by atoms with Crippen LogP contribution in [0.4, 0.5) is 4.39 Å². The van der Waals surface area contributed by atoms with Crippen LogP contribution in [0.25, 0.3) is 0 Å². The number of nitrogens with zero attached hydrogens (tertiary/aromatic N) is 2. The summed E-state index contributed by atoms with van der Waals surface area (Å²) in [4.78, 5) is 26.0. The number of esters is 1. The van der Waals surface area contributed by atoms with E-state index in [0.29, 0.717) is 11.1 Å². The van der Waals surface area contributed by atoms with Crippen molar-refractivity contribution >= 4 is 11.9 Å². The summed E-state index contributed by atoms with van der Waals surface area (Å²) in [5, 5.41) is 8.85. The van der Waals surface area contributed by atoms with Gasteiger partial charge in [-0.25, -0.2) is 9.18 Å². The maximum atomic E-state index is 13.4. The average Bonchev–Trinajstić information content (AvgIpc) is 2.48. The molecule has 0 spiro atoms. The molecule has 0 aliphatic rings. The minimum Gasteiger partial charge on any atom is -0.467 e. The lowest BCUT2D eigenvalue weighted by molar-refractivity contribution is -0.158. The van der Waals surface area contributed by atoms with E-state index in [1.165, 1.54) is 18.1 Å². The summed E-state index contributed by atoms with van der Waals surface area (Å²) in [5.74, 6) is -1.36. The van der Waals surface area contributed by atoms with Crippen LogP contribution in [0.1, 0.15) is 38.3 Å². The van der Waals surface area contributed by atoms with Crippen molar-refractivity contribution in [3.63, 3.8) is 0 Å². The van der Waals surface area contributed by atoms with E-state index in [-0.39, 0.29) is 18.8 Å².